The average Bonchev–Trinajstić information content (AvgIpc) is 2.28. The second kappa shape index (κ2) is 5.01. The normalized spacial score (nSPS) is 10.2. The highest BCUT2D eigenvalue weighted by Crippen LogP contribution is 2.22. The molecule has 5 heteroatoms. The van der Waals surface area contributed by atoms with E-state index >= 15 is 0 Å². The van der Waals surface area contributed by atoms with Gasteiger partial charge >= 0.3 is 0 Å². The van der Waals surface area contributed by atoms with Crippen molar-refractivity contribution in [1.29, 1.82) is 0 Å². The lowest BCUT2D eigenvalue weighted by Crippen LogP contribution is -1.95. The van der Waals surface area contributed by atoms with Gasteiger partial charge in [0.2, 0.25) is 11.2 Å². The molecule has 0 atom stereocenters. The van der Waals surface area contributed by atoms with Gasteiger partial charge in [-0.15, -0.1) is 0 Å². The Morgan fingerprint density at radius 3 is 2.82 bits per heavy atom. The predicted octanol–water partition coefficient (Wildman–Crippen LogP) is 3.07. The Kier molecular flexibility index (Phi) is 3.44. The van der Waals surface area contributed by atoms with Crippen molar-refractivity contribution in [3.63, 3.8) is 0 Å². The van der Waals surface area contributed by atoms with Crippen LogP contribution in [0.3, 0.4) is 0 Å². The topological polar surface area (TPSA) is 61.0 Å². The lowest BCUT2D eigenvalue weighted by Gasteiger charge is -2.06. The van der Waals surface area contributed by atoms with Crippen molar-refractivity contribution in [2.24, 2.45) is 0 Å². The minimum absolute atomic E-state index is 0.184. The van der Waals surface area contributed by atoms with Gasteiger partial charge in [-0.05, 0) is 30.2 Å². The van der Waals surface area contributed by atoms with Gasteiger partial charge in [0.15, 0.2) is 0 Å². The molecule has 0 aliphatic carbocycles. The minimum atomic E-state index is 0.184. The first kappa shape index (κ1) is 11.7. The number of nitrogen functional groups attached to an aromatic ring is 1. The van der Waals surface area contributed by atoms with Gasteiger partial charge < -0.3 is 10.5 Å². The molecule has 0 unspecified atom stereocenters. The van der Waals surface area contributed by atoms with E-state index in [1.807, 2.05) is 13.0 Å². The molecule has 0 saturated heterocycles. The van der Waals surface area contributed by atoms with Gasteiger partial charge in [-0.2, -0.15) is 4.98 Å². The van der Waals surface area contributed by atoms with Crippen molar-refractivity contribution in [2.45, 2.75) is 13.3 Å². The minimum Gasteiger partial charge on any atom is -0.439 e. The van der Waals surface area contributed by atoms with E-state index in [4.69, 9.17) is 22.1 Å². The van der Waals surface area contributed by atoms with E-state index in [0.717, 1.165) is 12.1 Å². The number of ether oxygens (including phenoxy) is 1. The van der Waals surface area contributed by atoms with E-state index in [2.05, 4.69) is 9.97 Å². The van der Waals surface area contributed by atoms with Crippen LogP contribution in [0.15, 0.2) is 30.3 Å². The SMILES string of the molecule is CCc1cc(Oc2cccc(N)c2)nc(Cl)n1. The molecule has 0 saturated carbocycles. The monoisotopic (exact) mass is 249 g/mol. The molecular weight excluding hydrogens is 238 g/mol. The van der Waals surface area contributed by atoms with Crippen LogP contribution in [-0.2, 0) is 6.42 Å². The standard InChI is InChI=1S/C12H12ClN3O/c1-2-9-7-11(16-12(13)15-9)17-10-5-3-4-8(14)6-10/h3-7H,2,14H2,1H3. The van der Waals surface area contributed by atoms with Crippen LogP contribution in [0.2, 0.25) is 5.28 Å². The number of nitrogens with two attached hydrogens (primary N) is 1. The highest BCUT2D eigenvalue weighted by atomic mass is 35.5. The van der Waals surface area contributed by atoms with Crippen molar-refractivity contribution in [2.75, 3.05) is 5.73 Å². The Morgan fingerprint density at radius 1 is 1.29 bits per heavy atom. The Hall–Kier alpha value is -1.81. The second-order valence-corrected chi connectivity index (χ2v) is 3.83. The third-order valence-corrected chi connectivity index (χ3v) is 2.34. The Labute approximate surface area is 104 Å². The molecule has 0 bridgehead atoms. The van der Waals surface area contributed by atoms with Gasteiger partial charge in [-0.1, -0.05) is 13.0 Å². The smallest absolute Gasteiger partial charge is 0.225 e. The second-order valence-electron chi connectivity index (χ2n) is 3.49. The van der Waals surface area contributed by atoms with Crippen LogP contribution in [0.1, 0.15) is 12.6 Å². The van der Waals surface area contributed by atoms with Crippen LogP contribution in [-0.4, -0.2) is 9.97 Å². The summed E-state index contributed by atoms with van der Waals surface area (Å²) in [5.41, 5.74) is 7.13. The first-order valence-corrected chi connectivity index (χ1v) is 5.62. The average molecular weight is 250 g/mol. The van der Waals surface area contributed by atoms with Crippen LogP contribution in [0.4, 0.5) is 5.69 Å². The summed E-state index contributed by atoms with van der Waals surface area (Å²) in [4.78, 5) is 8.06. The zero-order chi connectivity index (χ0) is 12.3. The number of rotatable bonds is 3. The predicted molar refractivity (Wildman–Crippen MR) is 67.3 cm³/mol. The largest absolute Gasteiger partial charge is 0.439 e. The summed E-state index contributed by atoms with van der Waals surface area (Å²) in [6.07, 6.45) is 0.773. The molecule has 0 fully saturated rings. The fraction of sp³-hybridized carbons (Fsp3) is 0.167. The molecule has 88 valence electrons. The molecule has 0 aliphatic rings. The van der Waals surface area contributed by atoms with E-state index in [-0.39, 0.29) is 5.28 Å². The lowest BCUT2D eigenvalue weighted by atomic mass is 10.3. The van der Waals surface area contributed by atoms with Crippen molar-refractivity contribution >= 4 is 17.3 Å². The summed E-state index contributed by atoms with van der Waals surface area (Å²) in [7, 11) is 0. The molecule has 1 aromatic heterocycles. The zero-order valence-corrected chi connectivity index (χ0v) is 10.1. The summed E-state index contributed by atoms with van der Waals surface area (Å²) >= 11 is 5.80. The molecule has 2 N–H and O–H groups in total. The summed E-state index contributed by atoms with van der Waals surface area (Å²) < 4.78 is 5.57. The lowest BCUT2D eigenvalue weighted by molar-refractivity contribution is 0.460. The first-order chi connectivity index (χ1) is 8.17. The Balaban J connectivity index is 2.26. The summed E-state index contributed by atoms with van der Waals surface area (Å²) in [6, 6.07) is 8.89. The Morgan fingerprint density at radius 2 is 2.12 bits per heavy atom. The molecule has 0 amide bonds. The molecule has 2 aromatic rings. The number of hydrogen-bond acceptors (Lipinski definition) is 4. The summed E-state index contributed by atoms with van der Waals surface area (Å²) in [5.74, 6) is 1.05. The van der Waals surface area contributed by atoms with Crippen molar-refractivity contribution in [3.8, 4) is 11.6 Å². The summed E-state index contributed by atoms with van der Waals surface area (Å²) in [5, 5.41) is 0.184. The number of nitrogens with zero attached hydrogens (tertiary/aromatic N) is 2. The number of benzene rings is 1. The number of aryl methyl sites for hydroxylation is 1. The molecular formula is C12H12ClN3O. The van der Waals surface area contributed by atoms with Gasteiger partial charge in [0.1, 0.15) is 5.75 Å². The quantitative estimate of drug-likeness (QED) is 0.671. The zero-order valence-electron chi connectivity index (χ0n) is 9.35. The molecule has 17 heavy (non-hydrogen) atoms. The van der Waals surface area contributed by atoms with E-state index in [1.54, 1.807) is 24.3 Å². The molecule has 0 radical (unpaired) electrons. The van der Waals surface area contributed by atoms with Gasteiger partial charge in [0.05, 0.1) is 0 Å². The van der Waals surface area contributed by atoms with Crippen molar-refractivity contribution < 1.29 is 4.74 Å². The van der Waals surface area contributed by atoms with E-state index < -0.39 is 0 Å². The molecule has 2 rings (SSSR count). The number of hydrogen-bond donors (Lipinski definition) is 1. The highest BCUT2D eigenvalue weighted by Gasteiger charge is 2.04. The summed E-state index contributed by atoms with van der Waals surface area (Å²) in [6.45, 7) is 1.99. The number of anilines is 1. The van der Waals surface area contributed by atoms with Crippen molar-refractivity contribution in [1.82, 2.24) is 9.97 Å². The maximum absolute atomic E-state index is 5.80. The number of halogens is 1. The molecule has 1 heterocycles. The molecule has 0 spiro atoms. The van der Waals surface area contributed by atoms with Gasteiger partial charge in [-0.25, -0.2) is 4.98 Å². The fourth-order valence-corrected chi connectivity index (χ4v) is 1.57. The third-order valence-electron chi connectivity index (χ3n) is 2.17. The maximum atomic E-state index is 5.80. The van der Waals surface area contributed by atoms with Crippen LogP contribution < -0.4 is 10.5 Å². The molecule has 1 aromatic carbocycles. The third kappa shape index (κ3) is 3.07. The van der Waals surface area contributed by atoms with E-state index in [0.29, 0.717) is 17.3 Å². The first-order valence-electron chi connectivity index (χ1n) is 5.24. The van der Waals surface area contributed by atoms with Gasteiger partial charge in [-0.3, -0.25) is 0 Å². The highest BCUT2D eigenvalue weighted by molar-refractivity contribution is 6.28. The van der Waals surface area contributed by atoms with Crippen LogP contribution in [0.5, 0.6) is 11.6 Å². The van der Waals surface area contributed by atoms with Crippen LogP contribution >= 0.6 is 11.6 Å². The molecule has 0 aliphatic heterocycles. The van der Waals surface area contributed by atoms with E-state index in [1.165, 1.54) is 0 Å². The van der Waals surface area contributed by atoms with Crippen LogP contribution in [0.25, 0.3) is 0 Å². The van der Waals surface area contributed by atoms with E-state index in [9.17, 15) is 0 Å². The van der Waals surface area contributed by atoms with Crippen LogP contribution in [0, 0.1) is 0 Å². The fourth-order valence-electron chi connectivity index (χ4n) is 1.37. The Bertz CT molecular complexity index is 531. The van der Waals surface area contributed by atoms with Gasteiger partial charge in [0, 0.05) is 23.5 Å². The van der Waals surface area contributed by atoms with Crippen molar-refractivity contribution in [3.05, 3.63) is 41.3 Å². The molecule has 4 nitrogen and oxygen atoms in total. The van der Waals surface area contributed by atoms with Gasteiger partial charge in [0.25, 0.3) is 0 Å². The number of aromatic nitrogens is 2. The maximum Gasteiger partial charge on any atom is 0.225 e.